The Labute approximate surface area is 153 Å². The Morgan fingerprint density at radius 3 is 1.84 bits per heavy atom. The molecule has 0 aromatic heterocycles. The summed E-state index contributed by atoms with van der Waals surface area (Å²) in [5.41, 5.74) is -1.01. The molecule has 0 amide bonds. The van der Waals surface area contributed by atoms with Crippen molar-refractivity contribution in [2.75, 3.05) is 6.61 Å². The van der Waals surface area contributed by atoms with Gasteiger partial charge in [-0.15, -0.1) is 0 Å². The van der Waals surface area contributed by atoms with E-state index in [1.54, 1.807) is 0 Å². The highest BCUT2D eigenvalue weighted by molar-refractivity contribution is 5.21. The number of hydrogen-bond donors (Lipinski definition) is 0. The van der Waals surface area contributed by atoms with Gasteiger partial charge in [-0.05, 0) is 66.0 Å². The molecule has 1 aromatic carbocycles. The van der Waals surface area contributed by atoms with E-state index in [4.69, 9.17) is 18.9 Å². The Hall–Kier alpha value is -1.10. The number of benzene rings is 1. The molecule has 0 heterocycles. The van der Waals surface area contributed by atoms with E-state index in [9.17, 15) is 0 Å². The average Bonchev–Trinajstić information content (AvgIpc) is 2.43. The molecule has 1 aromatic rings. The van der Waals surface area contributed by atoms with Crippen molar-refractivity contribution in [3.63, 3.8) is 0 Å². The summed E-state index contributed by atoms with van der Waals surface area (Å²) in [6.45, 7) is 16.6. The summed E-state index contributed by atoms with van der Waals surface area (Å²) in [6, 6.07) is 9.49. The minimum atomic E-state index is -1.60. The molecule has 4 nitrogen and oxygen atoms in total. The van der Waals surface area contributed by atoms with E-state index in [1.807, 2.05) is 71.9 Å². The molecule has 0 N–H and O–H groups in total. The second-order valence-corrected chi connectivity index (χ2v) is 8.55. The van der Waals surface area contributed by atoms with E-state index >= 15 is 0 Å². The highest BCUT2D eigenvalue weighted by Gasteiger charge is 2.45. The van der Waals surface area contributed by atoms with Crippen LogP contribution in [0.1, 0.15) is 68.2 Å². The molecule has 0 spiro atoms. The zero-order valence-electron chi connectivity index (χ0n) is 17.2. The molecule has 4 heteroatoms. The van der Waals surface area contributed by atoms with Crippen molar-refractivity contribution in [2.24, 2.45) is 5.92 Å². The van der Waals surface area contributed by atoms with Crippen molar-refractivity contribution < 1.29 is 18.9 Å². The third-order valence-corrected chi connectivity index (χ3v) is 3.17. The van der Waals surface area contributed by atoms with E-state index in [-0.39, 0.29) is 0 Å². The first-order valence-electron chi connectivity index (χ1n) is 9.23. The van der Waals surface area contributed by atoms with Crippen LogP contribution < -0.4 is 4.74 Å². The zero-order valence-corrected chi connectivity index (χ0v) is 17.2. The van der Waals surface area contributed by atoms with Crippen molar-refractivity contribution in [3.8, 4) is 5.75 Å². The average molecular weight is 353 g/mol. The summed E-state index contributed by atoms with van der Waals surface area (Å²) in [7, 11) is 0. The van der Waals surface area contributed by atoms with Crippen molar-refractivity contribution >= 4 is 0 Å². The van der Waals surface area contributed by atoms with Gasteiger partial charge in [0.1, 0.15) is 5.75 Å². The maximum atomic E-state index is 6.17. The van der Waals surface area contributed by atoms with Crippen molar-refractivity contribution in [1.29, 1.82) is 0 Å². The molecular weight excluding hydrogens is 316 g/mol. The molecule has 0 radical (unpaired) electrons. The molecule has 144 valence electrons. The van der Waals surface area contributed by atoms with Crippen molar-refractivity contribution in [1.82, 2.24) is 0 Å². The summed E-state index contributed by atoms with van der Waals surface area (Å²) in [4.78, 5) is 0. The van der Waals surface area contributed by atoms with Crippen LogP contribution in [-0.4, -0.2) is 24.0 Å². The Kier molecular flexibility index (Phi) is 7.91. The van der Waals surface area contributed by atoms with Gasteiger partial charge in [-0.3, -0.25) is 14.2 Å². The molecule has 0 saturated carbocycles. The minimum absolute atomic E-state index is 0.385. The van der Waals surface area contributed by atoms with Gasteiger partial charge in [-0.1, -0.05) is 38.5 Å². The van der Waals surface area contributed by atoms with E-state index in [1.165, 1.54) is 0 Å². The Bertz CT molecular complexity index is 469. The molecule has 1 atom stereocenters. The van der Waals surface area contributed by atoms with Gasteiger partial charge in [0.15, 0.2) is 0 Å². The van der Waals surface area contributed by atoms with Crippen LogP contribution >= 0.6 is 0 Å². The van der Waals surface area contributed by atoms with Crippen molar-refractivity contribution in [2.45, 2.75) is 85.6 Å². The third kappa shape index (κ3) is 9.24. The zero-order chi connectivity index (χ0) is 19.1. The molecule has 0 aliphatic rings. The lowest BCUT2D eigenvalue weighted by Crippen LogP contribution is -2.53. The largest absolute Gasteiger partial charge is 0.461 e. The van der Waals surface area contributed by atoms with Gasteiger partial charge in [0, 0.05) is 0 Å². The molecule has 0 bridgehead atoms. The summed E-state index contributed by atoms with van der Waals surface area (Å²) >= 11 is 0. The van der Waals surface area contributed by atoms with Crippen LogP contribution in [0, 0.1) is 5.92 Å². The van der Waals surface area contributed by atoms with Gasteiger partial charge in [0.25, 0.3) is 0 Å². The molecule has 0 saturated heterocycles. The summed E-state index contributed by atoms with van der Waals surface area (Å²) < 4.78 is 24.6. The Morgan fingerprint density at radius 2 is 1.40 bits per heavy atom. The van der Waals surface area contributed by atoms with Crippen LogP contribution in [0.4, 0.5) is 0 Å². The lowest BCUT2D eigenvalue weighted by atomic mass is 10.1. The fourth-order valence-corrected chi connectivity index (χ4v) is 2.35. The predicted molar refractivity (Wildman–Crippen MR) is 102 cm³/mol. The lowest BCUT2D eigenvalue weighted by Gasteiger charge is -2.41. The van der Waals surface area contributed by atoms with Crippen LogP contribution in [-0.2, 0) is 14.2 Å². The molecule has 0 aliphatic carbocycles. The van der Waals surface area contributed by atoms with Gasteiger partial charge in [0.05, 0.1) is 17.8 Å². The van der Waals surface area contributed by atoms with E-state index in [0.717, 1.165) is 12.8 Å². The maximum Gasteiger partial charge on any atom is 0.461 e. The second kappa shape index (κ2) is 9.02. The molecule has 0 aliphatic heterocycles. The monoisotopic (exact) mass is 352 g/mol. The molecule has 1 rings (SSSR count). The van der Waals surface area contributed by atoms with E-state index in [2.05, 4.69) is 13.8 Å². The predicted octanol–water partition coefficient (Wildman–Crippen LogP) is 5.76. The lowest BCUT2D eigenvalue weighted by molar-refractivity contribution is -0.508. The first kappa shape index (κ1) is 21.9. The fourth-order valence-electron chi connectivity index (χ4n) is 2.35. The van der Waals surface area contributed by atoms with Gasteiger partial charge >= 0.3 is 6.16 Å². The number of para-hydroxylation sites is 1. The minimum Gasteiger partial charge on any atom is -0.416 e. The van der Waals surface area contributed by atoms with Crippen LogP contribution in [0.25, 0.3) is 0 Å². The molecular formula is C21H36O4. The normalized spacial score (nSPS) is 14.4. The number of rotatable bonds is 9. The van der Waals surface area contributed by atoms with Gasteiger partial charge in [0.2, 0.25) is 0 Å². The number of ether oxygens (including phenoxy) is 4. The molecule has 1 unspecified atom stereocenters. The highest BCUT2D eigenvalue weighted by Crippen LogP contribution is 2.32. The highest BCUT2D eigenvalue weighted by atomic mass is 17.0. The third-order valence-electron chi connectivity index (χ3n) is 3.17. The second-order valence-electron chi connectivity index (χ2n) is 8.55. The molecule has 0 fully saturated rings. The summed E-state index contributed by atoms with van der Waals surface area (Å²) in [5, 5.41) is 0. The Balaban J connectivity index is 3.11. The van der Waals surface area contributed by atoms with Crippen LogP contribution in [0.2, 0.25) is 0 Å². The Morgan fingerprint density at radius 1 is 0.880 bits per heavy atom. The topological polar surface area (TPSA) is 36.9 Å². The first-order valence-corrected chi connectivity index (χ1v) is 9.23. The van der Waals surface area contributed by atoms with E-state index < -0.39 is 17.4 Å². The van der Waals surface area contributed by atoms with Gasteiger partial charge in [-0.2, -0.15) is 0 Å². The molecule has 25 heavy (non-hydrogen) atoms. The SMILES string of the molecule is CCCC(C)COC(Oc1ccccc1)(OC(C)(C)C)OC(C)(C)C. The fraction of sp³-hybridized carbons (Fsp3) is 0.714. The van der Waals surface area contributed by atoms with Crippen LogP contribution in [0.3, 0.4) is 0 Å². The van der Waals surface area contributed by atoms with Gasteiger partial charge in [-0.25, -0.2) is 0 Å². The maximum absolute atomic E-state index is 6.17. The van der Waals surface area contributed by atoms with E-state index in [0.29, 0.717) is 18.3 Å². The first-order chi connectivity index (χ1) is 11.4. The standard InChI is InChI=1S/C21H36O4/c1-9-13-17(2)16-22-21(24-19(3,4)5,25-20(6,7)8)23-18-14-11-10-12-15-18/h10-12,14-15,17H,9,13,16H2,1-8H3. The smallest absolute Gasteiger partial charge is 0.416 e. The number of hydrogen-bond acceptors (Lipinski definition) is 4. The quantitative estimate of drug-likeness (QED) is 0.529. The van der Waals surface area contributed by atoms with Crippen LogP contribution in [0.5, 0.6) is 5.75 Å². The summed E-state index contributed by atoms with van der Waals surface area (Å²) in [5.74, 6) is 1.02. The van der Waals surface area contributed by atoms with Crippen molar-refractivity contribution in [3.05, 3.63) is 30.3 Å². The summed E-state index contributed by atoms with van der Waals surface area (Å²) in [6.07, 6.45) is 0.587. The van der Waals surface area contributed by atoms with Gasteiger partial charge < -0.3 is 4.74 Å². The van der Waals surface area contributed by atoms with Crippen LogP contribution in [0.15, 0.2) is 30.3 Å².